The average Bonchev–Trinajstić information content (AvgIpc) is 3.14. The predicted molar refractivity (Wildman–Crippen MR) is 80.9 cm³/mol. The van der Waals surface area contributed by atoms with E-state index in [1.165, 1.54) is 0 Å². The van der Waals surface area contributed by atoms with Crippen LogP contribution in [0.25, 0.3) is 16.8 Å². The van der Waals surface area contributed by atoms with Gasteiger partial charge in [-0.25, -0.2) is 4.79 Å². The van der Waals surface area contributed by atoms with Crippen molar-refractivity contribution in [3.63, 3.8) is 0 Å². The van der Waals surface area contributed by atoms with Crippen LogP contribution in [0.4, 0.5) is 0 Å². The van der Waals surface area contributed by atoms with E-state index in [1.54, 1.807) is 21.6 Å². The highest BCUT2D eigenvalue weighted by Crippen LogP contribution is 2.13. The Balaban J connectivity index is 1.71. The van der Waals surface area contributed by atoms with E-state index in [2.05, 4.69) is 10.2 Å². The Bertz CT molecular complexity index is 982. The molecule has 6 nitrogen and oxygen atoms in total. The van der Waals surface area contributed by atoms with Gasteiger partial charge in [0.2, 0.25) is 0 Å². The molecule has 4 rings (SSSR count). The van der Waals surface area contributed by atoms with Crippen molar-refractivity contribution in [2.75, 3.05) is 0 Å². The van der Waals surface area contributed by atoms with Crippen LogP contribution in [-0.4, -0.2) is 19.6 Å². The Morgan fingerprint density at radius 1 is 1.00 bits per heavy atom. The summed E-state index contributed by atoms with van der Waals surface area (Å²) in [6.45, 7) is 0.322. The van der Waals surface area contributed by atoms with Crippen molar-refractivity contribution in [2.45, 2.75) is 6.54 Å². The third-order valence-electron chi connectivity index (χ3n) is 3.42. The standard InChI is InChI=1S/C16H12N4O2/c21-16-19(14-8-4-5-9-15(14)22-16)11-12-10-17-20(18-12)13-6-2-1-3-7-13/h1-10H,11H2. The second-order valence-electron chi connectivity index (χ2n) is 4.88. The first kappa shape index (κ1) is 12.6. The molecule has 2 aromatic carbocycles. The largest absolute Gasteiger partial charge is 0.420 e. The van der Waals surface area contributed by atoms with Crippen LogP contribution in [0.5, 0.6) is 0 Å². The summed E-state index contributed by atoms with van der Waals surface area (Å²) in [5.74, 6) is -0.393. The molecule has 0 amide bonds. The first-order valence-electron chi connectivity index (χ1n) is 6.86. The summed E-state index contributed by atoms with van der Waals surface area (Å²) < 4.78 is 6.77. The molecule has 0 unspecified atom stereocenters. The lowest BCUT2D eigenvalue weighted by Crippen LogP contribution is -2.15. The van der Waals surface area contributed by atoms with Crippen molar-refractivity contribution in [1.82, 2.24) is 19.6 Å². The second kappa shape index (κ2) is 5.00. The van der Waals surface area contributed by atoms with Gasteiger partial charge in [0.15, 0.2) is 5.58 Å². The van der Waals surface area contributed by atoms with Gasteiger partial charge in [-0.1, -0.05) is 30.3 Å². The van der Waals surface area contributed by atoms with E-state index >= 15 is 0 Å². The number of para-hydroxylation sites is 3. The van der Waals surface area contributed by atoms with Gasteiger partial charge in [0.1, 0.15) is 5.69 Å². The fourth-order valence-corrected chi connectivity index (χ4v) is 2.38. The van der Waals surface area contributed by atoms with Crippen LogP contribution in [0.3, 0.4) is 0 Å². The highest BCUT2D eigenvalue weighted by molar-refractivity contribution is 5.72. The zero-order valence-corrected chi connectivity index (χ0v) is 11.6. The SMILES string of the molecule is O=c1oc2ccccc2n1Cc1cnn(-c2ccccc2)n1. The summed E-state index contributed by atoms with van der Waals surface area (Å²) >= 11 is 0. The van der Waals surface area contributed by atoms with E-state index in [4.69, 9.17) is 4.42 Å². The smallest absolute Gasteiger partial charge is 0.408 e. The molecule has 108 valence electrons. The molecule has 22 heavy (non-hydrogen) atoms. The molecule has 2 heterocycles. The summed E-state index contributed by atoms with van der Waals surface area (Å²) in [4.78, 5) is 13.5. The monoisotopic (exact) mass is 292 g/mol. The van der Waals surface area contributed by atoms with E-state index in [-0.39, 0.29) is 0 Å². The van der Waals surface area contributed by atoms with E-state index in [9.17, 15) is 4.79 Å². The maximum atomic E-state index is 12.0. The average molecular weight is 292 g/mol. The molecule has 0 aliphatic carbocycles. The molecule has 0 saturated carbocycles. The van der Waals surface area contributed by atoms with E-state index in [1.807, 2.05) is 48.5 Å². The molecule has 0 bridgehead atoms. The van der Waals surface area contributed by atoms with Gasteiger partial charge in [0.05, 0.1) is 23.9 Å². The molecule has 0 atom stereocenters. The van der Waals surface area contributed by atoms with Crippen LogP contribution in [0.2, 0.25) is 0 Å². The molecule has 2 aromatic heterocycles. The Kier molecular flexibility index (Phi) is 2.86. The molecular formula is C16H12N4O2. The Labute approximate surface area is 125 Å². The molecule has 6 heteroatoms. The van der Waals surface area contributed by atoms with Crippen molar-refractivity contribution in [1.29, 1.82) is 0 Å². The van der Waals surface area contributed by atoms with Crippen molar-refractivity contribution < 1.29 is 4.42 Å². The van der Waals surface area contributed by atoms with Crippen molar-refractivity contribution in [3.8, 4) is 5.69 Å². The highest BCUT2D eigenvalue weighted by Gasteiger charge is 2.11. The lowest BCUT2D eigenvalue weighted by Gasteiger charge is -1.99. The Morgan fingerprint density at radius 3 is 2.64 bits per heavy atom. The van der Waals surface area contributed by atoms with Crippen molar-refractivity contribution in [3.05, 3.63) is 77.0 Å². The number of benzene rings is 2. The van der Waals surface area contributed by atoms with Gasteiger partial charge in [-0.3, -0.25) is 4.57 Å². The van der Waals surface area contributed by atoms with Crippen LogP contribution in [-0.2, 0) is 6.54 Å². The van der Waals surface area contributed by atoms with Gasteiger partial charge >= 0.3 is 5.76 Å². The zero-order valence-electron chi connectivity index (χ0n) is 11.6. The Hall–Kier alpha value is -3.15. The third kappa shape index (κ3) is 2.10. The van der Waals surface area contributed by atoms with Crippen LogP contribution >= 0.6 is 0 Å². The molecule has 4 aromatic rings. The van der Waals surface area contributed by atoms with Gasteiger partial charge in [-0.15, -0.1) is 0 Å². The van der Waals surface area contributed by atoms with Gasteiger partial charge < -0.3 is 4.42 Å². The van der Waals surface area contributed by atoms with Crippen LogP contribution in [0.1, 0.15) is 5.69 Å². The summed E-state index contributed by atoms with van der Waals surface area (Å²) in [7, 11) is 0. The lowest BCUT2D eigenvalue weighted by atomic mass is 10.3. The van der Waals surface area contributed by atoms with Crippen LogP contribution < -0.4 is 5.76 Å². The fourth-order valence-electron chi connectivity index (χ4n) is 2.38. The van der Waals surface area contributed by atoms with Crippen molar-refractivity contribution >= 4 is 11.1 Å². The number of oxazole rings is 1. The molecule has 0 aliphatic heterocycles. The van der Waals surface area contributed by atoms with E-state index in [0.29, 0.717) is 17.8 Å². The second-order valence-corrected chi connectivity index (χ2v) is 4.88. The summed E-state index contributed by atoms with van der Waals surface area (Å²) in [6.07, 6.45) is 1.65. The maximum Gasteiger partial charge on any atom is 0.420 e. The molecule has 0 spiro atoms. The summed E-state index contributed by atoms with van der Waals surface area (Å²) in [5, 5.41) is 8.64. The lowest BCUT2D eigenvalue weighted by molar-refractivity contribution is 0.515. The molecule has 0 fully saturated rings. The predicted octanol–water partition coefficient (Wildman–Crippen LogP) is 2.22. The fraction of sp³-hybridized carbons (Fsp3) is 0.0625. The molecule has 0 radical (unpaired) electrons. The quantitative estimate of drug-likeness (QED) is 0.581. The summed E-state index contributed by atoms with van der Waals surface area (Å²) in [5.41, 5.74) is 2.89. The molecule has 0 saturated heterocycles. The number of hydrogen-bond donors (Lipinski definition) is 0. The number of aromatic nitrogens is 4. The van der Waals surface area contributed by atoms with Crippen molar-refractivity contribution in [2.24, 2.45) is 0 Å². The topological polar surface area (TPSA) is 65.8 Å². The third-order valence-corrected chi connectivity index (χ3v) is 3.42. The normalized spacial score (nSPS) is 11.1. The number of nitrogens with zero attached hydrogens (tertiary/aromatic N) is 4. The highest BCUT2D eigenvalue weighted by atomic mass is 16.4. The Morgan fingerprint density at radius 2 is 1.77 bits per heavy atom. The van der Waals surface area contributed by atoms with Gasteiger partial charge in [0.25, 0.3) is 0 Å². The molecule has 0 aliphatic rings. The maximum absolute atomic E-state index is 12.0. The van der Waals surface area contributed by atoms with Crippen LogP contribution in [0.15, 0.2) is 70.0 Å². The van der Waals surface area contributed by atoms with Crippen LogP contribution in [0, 0.1) is 0 Å². The first-order valence-corrected chi connectivity index (χ1v) is 6.86. The first-order chi connectivity index (χ1) is 10.8. The van der Waals surface area contributed by atoms with E-state index in [0.717, 1.165) is 11.2 Å². The van der Waals surface area contributed by atoms with Gasteiger partial charge in [0, 0.05) is 0 Å². The minimum Gasteiger partial charge on any atom is -0.408 e. The van der Waals surface area contributed by atoms with Gasteiger partial charge in [-0.05, 0) is 24.3 Å². The summed E-state index contributed by atoms with van der Waals surface area (Å²) in [6, 6.07) is 16.9. The minimum atomic E-state index is -0.393. The number of hydrogen-bond acceptors (Lipinski definition) is 4. The molecular weight excluding hydrogens is 280 g/mol. The molecule has 0 N–H and O–H groups in total. The van der Waals surface area contributed by atoms with Gasteiger partial charge in [-0.2, -0.15) is 15.0 Å². The number of rotatable bonds is 3. The van der Waals surface area contributed by atoms with E-state index < -0.39 is 5.76 Å². The number of fused-ring (bicyclic) bond motifs is 1. The zero-order chi connectivity index (χ0) is 14.9. The minimum absolute atomic E-state index is 0.322.